The number of aromatic nitrogens is 3. The molecule has 0 aliphatic rings. The molecule has 1 atom stereocenters. The second-order valence-corrected chi connectivity index (χ2v) is 5.59. The maximum absolute atomic E-state index is 11.9. The Bertz CT molecular complexity index is 722. The van der Waals surface area contributed by atoms with E-state index in [4.69, 9.17) is 0 Å². The quantitative estimate of drug-likeness (QED) is 0.777. The summed E-state index contributed by atoms with van der Waals surface area (Å²) in [6, 6.07) is 9.40. The Hall–Kier alpha value is -2.67. The van der Waals surface area contributed by atoms with Gasteiger partial charge < -0.3 is 5.32 Å². The van der Waals surface area contributed by atoms with Crippen LogP contribution in [-0.4, -0.2) is 20.8 Å². The summed E-state index contributed by atoms with van der Waals surface area (Å²) in [5.74, 6) is 0. The summed E-state index contributed by atoms with van der Waals surface area (Å²) < 4.78 is 1.79. The van der Waals surface area contributed by atoms with Crippen molar-refractivity contribution >= 4 is 22.5 Å². The van der Waals surface area contributed by atoms with Gasteiger partial charge in [-0.25, -0.2) is 14.5 Å². The number of rotatable bonds is 4. The van der Waals surface area contributed by atoms with Gasteiger partial charge in [0.05, 0.1) is 11.7 Å². The highest BCUT2D eigenvalue weighted by molar-refractivity contribution is 7.13. The van der Waals surface area contributed by atoms with E-state index in [1.807, 2.05) is 48.8 Å². The van der Waals surface area contributed by atoms with E-state index in [0.29, 0.717) is 5.13 Å². The van der Waals surface area contributed by atoms with Gasteiger partial charge in [-0.2, -0.15) is 5.10 Å². The maximum atomic E-state index is 11.9. The van der Waals surface area contributed by atoms with Crippen LogP contribution in [0.5, 0.6) is 0 Å². The molecule has 2 amide bonds. The van der Waals surface area contributed by atoms with E-state index in [2.05, 4.69) is 20.7 Å². The van der Waals surface area contributed by atoms with Crippen LogP contribution in [0.3, 0.4) is 0 Å². The molecule has 1 aromatic carbocycles. The van der Waals surface area contributed by atoms with Crippen molar-refractivity contribution in [2.75, 3.05) is 5.32 Å². The molecule has 112 valence electrons. The van der Waals surface area contributed by atoms with E-state index in [0.717, 1.165) is 11.3 Å². The molecule has 3 rings (SSSR count). The highest BCUT2D eigenvalue weighted by Gasteiger charge is 2.10. The number of amides is 2. The summed E-state index contributed by atoms with van der Waals surface area (Å²) in [6.45, 7) is 1.93. The van der Waals surface area contributed by atoms with Crippen LogP contribution in [-0.2, 0) is 0 Å². The van der Waals surface area contributed by atoms with Gasteiger partial charge in [0.25, 0.3) is 0 Å². The van der Waals surface area contributed by atoms with E-state index in [-0.39, 0.29) is 12.1 Å². The first-order valence-electron chi connectivity index (χ1n) is 6.79. The number of urea groups is 1. The Morgan fingerprint density at radius 2 is 2.09 bits per heavy atom. The summed E-state index contributed by atoms with van der Waals surface area (Å²) >= 11 is 1.38. The van der Waals surface area contributed by atoms with Crippen LogP contribution in [0.25, 0.3) is 5.69 Å². The molecule has 1 unspecified atom stereocenters. The van der Waals surface area contributed by atoms with Gasteiger partial charge in [0.15, 0.2) is 5.13 Å². The molecule has 0 bridgehead atoms. The van der Waals surface area contributed by atoms with Crippen molar-refractivity contribution in [3.8, 4) is 5.69 Å². The van der Waals surface area contributed by atoms with E-state index in [9.17, 15) is 4.79 Å². The van der Waals surface area contributed by atoms with Crippen LogP contribution in [0, 0.1) is 0 Å². The molecule has 0 aliphatic heterocycles. The average molecular weight is 313 g/mol. The van der Waals surface area contributed by atoms with E-state index < -0.39 is 0 Å². The smallest absolute Gasteiger partial charge is 0.321 e. The second kappa shape index (κ2) is 6.40. The van der Waals surface area contributed by atoms with Crippen molar-refractivity contribution in [2.24, 2.45) is 0 Å². The van der Waals surface area contributed by atoms with E-state index >= 15 is 0 Å². The molecule has 0 aliphatic carbocycles. The SMILES string of the molecule is CC(NC(=O)Nc1nccs1)c1ccc(-n2cccn2)cc1. The third kappa shape index (κ3) is 3.32. The van der Waals surface area contributed by atoms with Gasteiger partial charge in [-0.15, -0.1) is 11.3 Å². The Labute approximate surface area is 131 Å². The zero-order valence-electron chi connectivity index (χ0n) is 11.9. The van der Waals surface area contributed by atoms with Gasteiger partial charge in [-0.1, -0.05) is 12.1 Å². The van der Waals surface area contributed by atoms with Crippen LogP contribution in [0.2, 0.25) is 0 Å². The number of carbonyl (C=O) groups is 1. The third-order valence-corrected chi connectivity index (χ3v) is 3.85. The van der Waals surface area contributed by atoms with Crippen LogP contribution in [0.4, 0.5) is 9.93 Å². The summed E-state index contributed by atoms with van der Waals surface area (Å²) in [6.07, 6.45) is 5.27. The first-order valence-corrected chi connectivity index (χ1v) is 7.67. The predicted molar refractivity (Wildman–Crippen MR) is 86.2 cm³/mol. The van der Waals surface area contributed by atoms with Gasteiger partial charge in [0, 0.05) is 24.0 Å². The molecule has 0 fully saturated rings. The fourth-order valence-corrected chi connectivity index (χ4v) is 2.56. The highest BCUT2D eigenvalue weighted by atomic mass is 32.1. The summed E-state index contributed by atoms with van der Waals surface area (Å²) in [4.78, 5) is 15.9. The van der Waals surface area contributed by atoms with Crippen molar-refractivity contribution in [2.45, 2.75) is 13.0 Å². The van der Waals surface area contributed by atoms with Gasteiger partial charge in [0.1, 0.15) is 0 Å². The van der Waals surface area contributed by atoms with Gasteiger partial charge >= 0.3 is 6.03 Å². The lowest BCUT2D eigenvalue weighted by Crippen LogP contribution is -2.31. The zero-order valence-corrected chi connectivity index (χ0v) is 12.7. The third-order valence-electron chi connectivity index (χ3n) is 3.16. The molecule has 22 heavy (non-hydrogen) atoms. The number of hydrogen-bond donors (Lipinski definition) is 2. The topological polar surface area (TPSA) is 71.8 Å². The normalized spacial score (nSPS) is 11.9. The Morgan fingerprint density at radius 1 is 1.27 bits per heavy atom. The molecule has 7 heteroatoms. The number of hydrogen-bond acceptors (Lipinski definition) is 4. The number of carbonyl (C=O) groups excluding carboxylic acids is 1. The molecule has 0 saturated heterocycles. The number of anilines is 1. The lowest BCUT2D eigenvalue weighted by molar-refractivity contribution is 0.249. The molecular weight excluding hydrogens is 298 g/mol. The first-order chi connectivity index (χ1) is 10.7. The lowest BCUT2D eigenvalue weighted by atomic mass is 10.1. The van der Waals surface area contributed by atoms with Gasteiger partial charge in [0.2, 0.25) is 0 Å². The van der Waals surface area contributed by atoms with Crippen molar-refractivity contribution < 1.29 is 4.79 Å². The predicted octanol–water partition coefficient (Wildman–Crippen LogP) is 3.21. The summed E-state index contributed by atoms with van der Waals surface area (Å²) in [5.41, 5.74) is 2.00. The number of nitrogens with zero attached hydrogens (tertiary/aromatic N) is 3. The monoisotopic (exact) mass is 313 g/mol. The molecule has 0 radical (unpaired) electrons. The van der Waals surface area contributed by atoms with Crippen LogP contribution in [0.15, 0.2) is 54.3 Å². The molecule has 0 saturated carbocycles. The van der Waals surface area contributed by atoms with Crippen LogP contribution >= 0.6 is 11.3 Å². The van der Waals surface area contributed by atoms with Gasteiger partial charge in [-0.05, 0) is 30.7 Å². The molecule has 0 spiro atoms. The zero-order chi connectivity index (χ0) is 15.4. The fraction of sp³-hybridized carbons (Fsp3) is 0.133. The minimum absolute atomic E-state index is 0.105. The molecule has 2 N–H and O–H groups in total. The Morgan fingerprint density at radius 3 is 2.73 bits per heavy atom. The van der Waals surface area contributed by atoms with Crippen LogP contribution < -0.4 is 10.6 Å². The van der Waals surface area contributed by atoms with E-state index in [1.54, 1.807) is 17.1 Å². The van der Waals surface area contributed by atoms with Crippen LogP contribution in [0.1, 0.15) is 18.5 Å². The summed E-state index contributed by atoms with van der Waals surface area (Å²) in [5, 5.41) is 12.2. The maximum Gasteiger partial charge on any atom is 0.321 e. The van der Waals surface area contributed by atoms with Crippen molar-refractivity contribution in [1.29, 1.82) is 0 Å². The van der Waals surface area contributed by atoms with Crippen molar-refractivity contribution in [3.05, 3.63) is 59.9 Å². The molecular formula is C15H15N5OS. The average Bonchev–Trinajstić information content (AvgIpc) is 3.20. The molecule has 2 heterocycles. The minimum Gasteiger partial charge on any atom is -0.331 e. The second-order valence-electron chi connectivity index (χ2n) is 4.70. The largest absolute Gasteiger partial charge is 0.331 e. The van der Waals surface area contributed by atoms with Gasteiger partial charge in [-0.3, -0.25) is 5.32 Å². The van der Waals surface area contributed by atoms with Crippen molar-refractivity contribution in [3.63, 3.8) is 0 Å². The number of nitrogens with one attached hydrogen (secondary N) is 2. The summed E-state index contributed by atoms with van der Waals surface area (Å²) in [7, 11) is 0. The Balaban J connectivity index is 1.62. The standard InChI is InChI=1S/C15H15N5OS/c1-11(18-14(21)19-15-16-8-10-22-15)12-3-5-13(6-4-12)20-9-2-7-17-20/h2-11H,1H3,(H2,16,18,19,21). The molecule has 3 aromatic rings. The minimum atomic E-state index is -0.265. The van der Waals surface area contributed by atoms with Crippen molar-refractivity contribution in [1.82, 2.24) is 20.1 Å². The number of thiazole rings is 1. The molecule has 2 aromatic heterocycles. The Kier molecular flexibility index (Phi) is 4.15. The molecule has 6 nitrogen and oxygen atoms in total. The lowest BCUT2D eigenvalue weighted by Gasteiger charge is -2.14. The number of benzene rings is 1. The first kappa shape index (κ1) is 14.3. The van der Waals surface area contributed by atoms with E-state index in [1.165, 1.54) is 11.3 Å². The fourth-order valence-electron chi connectivity index (χ4n) is 2.04. The highest BCUT2D eigenvalue weighted by Crippen LogP contribution is 2.16.